The number of aromatic nitrogens is 2. The van der Waals surface area contributed by atoms with Crippen LogP contribution in [0.2, 0.25) is 0 Å². The van der Waals surface area contributed by atoms with Gasteiger partial charge in [0.05, 0.1) is 13.0 Å². The second-order valence-electron chi connectivity index (χ2n) is 6.73. The summed E-state index contributed by atoms with van der Waals surface area (Å²) >= 11 is 0. The second kappa shape index (κ2) is 7.52. The molecule has 1 amide bonds. The predicted molar refractivity (Wildman–Crippen MR) is 101 cm³/mol. The van der Waals surface area contributed by atoms with E-state index in [0.29, 0.717) is 24.7 Å². The number of carbonyl (C=O) groups excluding carboxylic acids is 1. The van der Waals surface area contributed by atoms with E-state index < -0.39 is 0 Å². The molecule has 26 heavy (non-hydrogen) atoms. The lowest BCUT2D eigenvalue weighted by Gasteiger charge is -2.15. The molecular formula is C21H23N3O2. The Morgan fingerprint density at radius 1 is 1.04 bits per heavy atom. The molecular weight excluding hydrogens is 326 g/mol. The van der Waals surface area contributed by atoms with Crippen molar-refractivity contribution in [2.24, 2.45) is 0 Å². The van der Waals surface area contributed by atoms with Crippen LogP contribution in [0.4, 0.5) is 0 Å². The summed E-state index contributed by atoms with van der Waals surface area (Å²) in [4.78, 5) is 18.5. The van der Waals surface area contributed by atoms with Crippen LogP contribution in [0.1, 0.15) is 28.1 Å². The number of hydrogen-bond acceptors (Lipinski definition) is 4. The van der Waals surface area contributed by atoms with E-state index in [0.717, 1.165) is 16.7 Å². The van der Waals surface area contributed by atoms with Crippen molar-refractivity contribution in [1.82, 2.24) is 15.0 Å². The summed E-state index contributed by atoms with van der Waals surface area (Å²) in [6.07, 6.45) is 0.363. The van der Waals surface area contributed by atoms with Crippen molar-refractivity contribution < 1.29 is 9.32 Å². The molecule has 3 rings (SSSR count). The minimum Gasteiger partial charge on any atom is -0.337 e. The van der Waals surface area contributed by atoms with Gasteiger partial charge in [0.2, 0.25) is 17.6 Å². The molecule has 0 fully saturated rings. The SMILES string of the molecule is Cc1ccc(-c2noc(CN(C)C(=O)Cc3ccc(C)cc3C)n2)cc1. The molecule has 0 bridgehead atoms. The monoisotopic (exact) mass is 349 g/mol. The maximum atomic E-state index is 12.5. The zero-order chi connectivity index (χ0) is 18.7. The van der Waals surface area contributed by atoms with E-state index in [4.69, 9.17) is 4.52 Å². The highest BCUT2D eigenvalue weighted by atomic mass is 16.5. The summed E-state index contributed by atoms with van der Waals surface area (Å²) in [5.41, 5.74) is 5.44. The van der Waals surface area contributed by atoms with Crippen LogP contribution < -0.4 is 0 Å². The summed E-state index contributed by atoms with van der Waals surface area (Å²) in [6.45, 7) is 6.40. The van der Waals surface area contributed by atoms with E-state index >= 15 is 0 Å². The van der Waals surface area contributed by atoms with Gasteiger partial charge in [0.1, 0.15) is 0 Å². The number of amides is 1. The van der Waals surface area contributed by atoms with Gasteiger partial charge in [-0.3, -0.25) is 4.79 Å². The van der Waals surface area contributed by atoms with Gasteiger partial charge in [-0.25, -0.2) is 0 Å². The maximum Gasteiger partial charge on any atom is 0.246 e. The molecule has 0 saturated carbocycles. The van der Waals surface area contributed by atoms with Gasteiger partial charge in [-0.1, -0.05) is 58.7 Å². The van der Waals surface area contributed by atoms with E-state index in [2.05, 4.69) is 16.2 Å². The third kappa shape index (κ3) is 4.17. The number of aryl methyl sites for hydroxylation is 3. The van der Waals surface area contributed by atoms with E-state index in [1.165, 1.54) is 11.1 Å². The second-order valence-corrected chi connectivity index (χ2v) is 6.73. The number of likely N-dealkylation sites (N-methyl/N-ethyl adjacent to an activating group) is 1. The Hall–Kier alpha value is -2.95. The van der Waals surface area contributed by atoms with Crippen molar-refractivity contribution in [3.8, 4) is 11.4 Å². The van der Waals surface area contributed by atoms with Crippen molar-refractivity contribution >= 4 is 5.91 Å². The first-order valence-corrected chi connectivity index (χ1v) is 8.62. The summed E-state index contributed by atoms with van der Waals surface area (Å²) in [7, 11) is 1.75. The van der Waals surface area contributed by atoms with E-state index in [-0.39, 0.29) is 5.91 Å². The fourth-order valence-electron chi connectivity index (χ4n) is 2.77. The molecule has 5 nitrogen and oxygen atoms in total. The molecule has 0 N–H and O–H groups in total. The third-order valence-electron chi connectivity index (χ3n) is 4.42. The molecule has 1 heterocycles. The molecule has 0 spiro atoms. The molecule has 0 aliphatic rings. The minimum absolute atomic E-state index is 0.0204. The number of benzene rings is 2. The van der Waals surface area contributed by atoms with Gasteiger partial charge in [-0.05, 0) is 31.9 Å². The first-order chi connectivity index (χ1) is 12.4. The molecule has 134 valence electrons. The fourth-order valence-corrected chi connectivity index (χ4v) is 2.77. The molecule has 5 heteroatoms. The number of hydrogen-bond donors (Lipinski definition) is 0. The Morgan fingerprint density at radius 2 is 1.73 bits per heavy atom. The van der Waals surface area contributed by atoms with Crippen molar-refractivity contribution in [3.05, 3.63) is 70.6 Å². The Morgan fingerprint density at radius 3 is 2.42 bits per heavy atom. The molecule has 3 aromatic rings. The first-order valence-electron chi connectivity index (χ1n) is 8.62. The van der Waals surface area contributed by atoms with Crippen molar-refractivity contribution in [2.75, 3.05) is 7.05 Å². The zero-order valence-corrected chi connectivity index (χ0v) is 15.6. The molecule has 2 aromatic carbocycles. The molecule has 0 atom stereocenters. The van der Waals surface area contributed by atoms with Crippen LogP contribution in [-0.2, 0) is 17.8 Å². The van der Waals surface area contributed by atoms with Crippen molar-refractivity contribution in [3.63, 3.8) is 0 Å². The van der Waals surface area contributed by atoms with Gasteiger partial charge in [0, 0.05) is 12.6 Å². The Bertz CT molecular complexity index is 913. The van der Waals surface area contributed by atoms with Gasteiger partial charge in [0.25, 0.3) is 0 Å². The predicted octanol–water partition coefficient (Wildman–Crippen LogP) is 3.86. The van der Waals surface area contributed by atoms with Crippen LogP contribution in [0.5, 0.6) is 0 Å². The zero-order valence-electron chi connectivity index (χ0n) is 15.6. The van der Waals surface area contributed by atoms with Crippen LogP contribution in [0.3, 0.4) is 0 Å². The third-order valence-corrected chi connectivity index (χ3v) is 4.42. The lowest BCUT2D eigenvalue weighted by atomic mass is 10.0. The molecule has 0 unspecified atom stereocenters. The molecule has 0 radical (unpaired) electrons. The maximum absolute atomic E-state index is 12.5. The van der Waals surface area contributed by atoms with Gasteiger partial charge in [-0.15, -0.1) is 0 Å². The van der Waals surface area contributed by atoms with Crippen LogP contribution in [0.25, 0.3) is 11.4 Å². The lowest BCUT2D eigenvalue weighted by Crippen LogP contribution is -2.28. The van der Waals surface area contributed by atoms with E-state index in [9.17, 15) is 4.79 Å². The molecule has 0 saturated heterocycles. The highest BCUT2D eigenvalue weighted by Gasteiger charge is 2.16. The normalized spacial score (nSPS) is 10.8. The molecule has 0 aliphatic carbocycles. The van der Waals surface area contributed by atoms with Crippen LogP contribution >= 0.6 is 0 Å². The Balaban J connectivity index is 1.65. The lowest BCUT2D eigenvalue weighted by molar-refractivity contribution is -0.130. The highest BCUT2D eigenvalue weighted by molar-refractivity contribution is 5.78. The topological polar surface area (TPSA) is 59.2 Å². The van der Waals surface area contributed by atoms with E-state index in [1.807, 2.05) is 57.2 Å². The van der Waals surface area contributed by atoms with E-state index in [1.54, 1.807) is 11.9 Å². The molecule has 1 aromatic heterocycles. The average Bonchev–Trinajstić information content (AvgIpc) is 3.06. The van der Waals surface area contributed by atoms with Gasteiger partial charge in [0.15, 0.2) is 0 Å². The quantitative estimate of drug-likeness (QED) is 0.702. The average molecular weight is 349 g/mol. The standard InChI is InChI=1S/C21H23N3O2/c1-14-5-8-17(9-6-14)21-22-19(26-23-21)13-24(4)20(25)12-18-10-7-15(2)11-16(18)3/h5-11H,12-13H2,1-4H3. The largest absolute Gasteiger partial charge is 0.337 e. The van der Waals surface area contributed by atoms with Crippen LogP contribution in [0, 0.1) is 20.8 Å². The fraction of sp³-hybridized carbons (Fsp3) is 0.286. The van der Waals surface area contributed by atoms with Crippen LogP contribution in [-0.4, -0.2) is 28.0 Å². The highest BCUT2D eigenvalue weighted by Crippen LogP contribution is 2.17. The summed E-state index contributed by atoms with van der Waals surface area (Å²) in [6, 6.07) is 14.1. The summed E-state index contributed by atoms with van der Waals surface area (Å²) < 4.78 is 5.30. The van der Waals surface area contributed by atoms with Crippen molar-refractivity contribution in [2.45, 2.75) is 33.7 Å². The van der Waals surface area contributed by atoms with Crippen molar-refractivity contribution in [1.29, 1.82) is 0 Å². The van der Waals surface area contributed by atoms with Gasteiger partial charge < -0.3 is 9.42 Å². The van der Waals surface area contributed by atoms with Crippen LogP contribution in [0.15, 0.2) is 47.0 Å². The summed E-state index contributed by atoms with van der Waals surface area (Å²) in [5.74, 6) is 0.985. The van der Waals surface area contributed by atoms with Gasteiger partial charge in [-0.2, -0.15) is 4.98 Å². The number of carbonyl (C=O) groups is 1. The Kier molecular flexibility index (Phi) is 5.16. The van der Waals surface area contributed by atoms with Gasteiger partial charge >= 0.3 is 0 Å². The summed E-state index contributed by atoms with van der Waals surface area (Å²) in [5, 5.41) is 4.01. The molecule has 0 aliphatic heterocycles. The number of nitrogens with zero attached hydrogens (tertiary/aromatic N) is 3. The first kappa shape index (κ1) is 17.9. The number of rotatable bonds is 5. The Labute approximate surface area is 153 Å². The smallest absolute Gasteiger partial charge is 0.246 e. The minimum atomic E-state index is 0.0204.